The molecule has 2 aromatic carbocycles. The Kier molecular flexibility index (Phi) is 6.56. The van der Waals surface area contributed by atoms with Crippen LogP contribution in [-0.4, -0.2) is 47.4 Å². The Labute approximate surface area is 171 Å². The number of carbonyl (C=O) groups is 3. The summed E-state index contributed by atoms with van der Waals surface area (Å²) in [5, 5.41) is 8.43. The zero-order chi connectivity index (χ0) is 20.8. The van der Waals surface area contributed by atoms with Gasteiger partial charge in [0.1, 0.15) is 0 Å². The number of carbonyl (C=O) groups excluding carboxylic acids is 2. The maximum absolute atomic E-state index is 12.6. The minimum absolute atomic E-state index is 0.281. The number of aliphatic carboxylic acids is 1. The van der Waals surface area contributed by atoms with E-state index in [2.05, 4.69) is 0 Å². The fourth-order valence-electron chi connectivity index (χ4n) is 2.76. The van der Waals surface area contributed by atoms with Gasteiger partial charge in [0, 0.05) is 6.54 Å². The molecule has 1 N–H and O–H groups in total. The summed E-state index contributed by atoms with van der Waals surface area (Å²) in [5.41, 5.74) is 1.69. The molecule has 1 heterocycles. The fraction of sp³-hybridized carbons (Fsp3) is 0.190. The summed E-state index contributed by atoms with van der Waals surface area (Å²) < 4.78 is 10.4. The van der Waals surface area contributed by atoms with E-state index < -0.39 is 12.6 Å². The number of nitrogens with zero attached hydrogens (tertiary/aromatic N) is 1. The fourth-order valence-corrected chi connectivity index (χ4v) is 3.63. The van der Waals surface area contributed by atoms with Crippen molar-refractivity contribution >= 4 is 35.0 Å². The summed E-state index contributed by atoms with van der Waals surface area (Å²) in [5.74, 6) is -0.812. The van der Waals surface area contributed by atoms with E-state index in [4.69, 9.17) is 14.6 Å². The highest BCUT2D eigenvalue weighted by atomic mass is 32.2. The number of hydrogen-bond donors (Lipinski definition) is 1. The highest BCUT2D eigenvalue weighted by Gasteiger charge is 2.34. The normalized spacial score (nSPS) is 15.1. The molecule has 0 atom stereocenters. The van der Waals surface area contributed by atoms with E-state index in [1.54, 1.807) is 24.3 Å². The Hall–Kier alpha value is -3.26. The number of imide groups is 1. The van der Waals surface area contributed by atoms with Crippen LogP contribution in [0.1, 0.15) is 11.1 Å². The first kappa shape index (κ1) is 20.5. The van der Waals surface area contributed by atoms with Crippen molar-refractivity contribution in [2.24, 2.45) is 0 Å². The summed E-state index contributed by atoms with van der Waals surface area (Å²) in [6.07, 6.45) is 2.20. The van der Waals surface area contributed by atoms with E-state index in [0.29, 0.717) is 29.2 Å². The molecule has 1 aliphatic rings. The van der Waals surface area contributed by atoms with Crippen molar-refractivity contribution in [3.8, 4) is 11.5 Å². The van der Waals surface area contributed by atoms with Crippen molar-refractivity contribution in [3.05, 3.63) is 64.6 Å². The van der Waals surface area contributed by atoms with E-state index >= 15 is 0 Å². The Balaban J connectivity index is 1.72. The van der Waals surface area contributed by atoms with E-state index in [1.807, 2.05) is 30.3 Å². The van der Waals surface area contributed by atoms with Gasteiger partial charge in [-0.15, -0.1) is 0 Å². The minimum atomic E-state index is -1.10. The average molecular weight is 413 g/mol. The van der Waals surface area contributed by atoms with Crippen molar-refractivity contribution in [3.63, 3.8) is 0 Å². The third kappa shape index (κ3) is 5.17. The summed E-state index contributed by atoms with van der Waals surface area (Å²) in [7, 11) is 1.43. The van der Waals surface area contributed by atoms with Gasteiger partial charge in [-0.05, 0) is 47.5 Å². The lowest BCUT2D eigenvalue weighted by molar-refractivity contribution is -0.139. The molecule has 0 unspecified atom stereocenters. The molecule has 0 radical (unpaired) electrons. The average Bonchev–Trinajstić information content (AvgIpc) is 2.98. The minimum Gasteiger partial charge on any atom is -0.493 e. The Morgan fingerprint density at radius 1 is 1.14 bits per heavy atom. The van der Waals surface area contributed by atoms with Gasteiger partial charge in [-0.25, -0.2) is 4.79 Å². The lowest BCUT2D eigenvalue weighted by Crippen LogP contribution is -2.30. The van der Waals surface area contributed by atoms with Crippen LogP contribution in [0.25, 0.3) is 6.08 Å². The molecular formula is C21H19NO6S. The second kappa shape index (κ2) is 9.29. The molecule has 0 aliphatic carbocycles. The van der Waals surface area contributed by atoms with Crippen LogP contribution in [0.15, 0.2) is 53.4 Å². The summed E-state index contributed by atoms with van der Waals surface area (Å²) in [4.78, 5) is 37.1. The molecule has 0 bridgehead atoms. The zero-order valence-corrected chi connectivity index (χ0v) is 16.5. The molecule has 150 valence electrons. The number of amides is 2. The highest BCUT2D eigenvalue weighted by molar-refractivity contribution is 8.18. The van der Waals surface area contributed by atoms with Gasteiger partial charge in [0.15, 0.2) is 18.1 Å². The molecule has 0 spiro atoms. The molecule has 3 rings (SSSR count). The quantitative estimate of drug-likeness (QED) is 0.663. The Morgan fingerprint density at radius 2 is 1.90 bits per heavy atom. The molecule has 1 aliphatic heterocycles. The van der Waals surface area contributed by atoms with Crippen LogP contribution in [0.2, 0.25) is 0 Å². The number of methoxy groups -OCH3 is 1. The second-order valence-electron chi connectivity index (χ2n) is 6.16. The molecule has 2 amide bonds. The number of carboxylic acids is 1. The predicted molar refractivity (Wildman–Crippen MR) is 109 cm³/mol. The lowest BCUT2D eigenvalue weighted by atomic mass is 10.1. The molecule has 7 nitrogen and oxygen atoms in total. The van der Waals surface area contributed by atoms with E-state index in [9.17, 15) is 14.4 Å². The molecule has 0 saturated carbocycles. The van der Waals surface area contributed by atoms with Crippen LogP contribution in [0, 0.1) is 0 Å². The van der Waals surface area contributed by atoms with E-state index in [1.165, 1.54) is 12.0 Å². The first-order valence-corrected chi connectivity index (χ1v) is 9.61. The van der Waals surface area contributed by atoms with Crippen molar-refractivity contribution in [1.29, 1.82) is 0 Å². The monoisotopic (exact) mass is 413 g/mol. The van der Waals surface area contributed by atoms with Crippen LogP contribution >= 0.6 is 11.8 Å². The van der Waals surface area contributed by atoms with Gasteiger partial charge in [0.25, 0.3) is 11.1 Å². The molecule has 1 saturated heterocycles. The van der Waals surface area contributed by atoms with Gasteiger partial charge in [-0.2, -0.15) is 0 Å². The van der Waals surface area contributed by atoms with Crippen molar-refractivity contribution in [1.82, 2.24) is 4.90 Å². The van der Waals surface area contributed by atoms with Crippen LogP contribution in [0.4, 0.5) is 4.79 Å². The smallest absolute Gasteiger partial charge is 0.341 e. The number of ether oxygens (including phenoxy) is 2. The SMILES string of the molecule is COc1cc(/C=C2\SC(=O)N(CCc3ccccc3)C2=O)ccc1OCC(=O)O. The van der Waals surface area contributed by atoms with Gasteiger partial charge in [0.2, 0.25) is 0 Å². The highest BCUT2D eigenvalue weighted by Crippen LogP contribution is 2.34. The van der Waals surface area contributed by atoms with Crippen molar-refractivity contribution < 1.29 is 29.0 Å². The molecular weight excluding hydrogens is 394 g/mol. The van der Waals surface area contributed by atoms with E-state index in [0.717, 1.165) is 17.3 Å². The predicted octanol–water partition coefficient (Wildman–Crippen LogP) is 3.44. The topological polar surface area (TPSA) is 93.1 Å². The molecule has 8 heteroatoms. The second-order valence-corrected chi connectivity index (χ2v) is 7.15. The van der Waals surface area contributed by atoms with Crippen molar-refractivity contribution in [2.45, 2.75) is 6.42 Å². The van der Waals surface area contributed by atoms with E-state index in [-0.39, 0.29) is 16.9 Å². The molecule has 2 aromatic rings. The number of hydrogen-bond acceptors (Lipinski definition) is 6. The standard InChI is InChI=1S/C21H19NO6S/c1-27-17-11-15(7-8-16(17)28-13-19(23)24)12-18-20(25)22(21(26)29-18)10-9-14-5-3-2-4-6-14/h2-8,11-12H,9-10,13H2,1H3,(H,23,24)/b18-12-. The largest absolute Gasteiger partial charge is 0.493 e. The Morgan fingerprint density at radius 3 is 2.59 bits per heavy atom. The number of thioether (sulfide) groups is 1. The number of rotatable bonds is 8. The van der Waals surface area contributed by atoms with Crippen LogP contribution in [0.3, 0.4) is 0 Å². The first-order chi connectivity index (χ1) is 14.0. The third-order valence-electron chi connectivity index (χ3n) is 4.18. The zero-order valence-electron chi connectivity index (χ0n) is 15.7. The van der Waals surface area contributed by atoms with Gasteiger partial charge in [-0.3, -0.25) is 14.5 Å². The van der Waals surface area contributed by atoms with Crippen molar-refractivity contribution in [2.75, 3.05) is 20.3 Å². The van der Waals surface area contributed by atoms with Crippen LogP contribution in [0.5, 0.6) is 11.5 Å². The molecule has 29 heavy (non-hydrogen) atoms. The van der Waals surface area contributed by atoms with Gasteiger partial charge < -0.3 is 14.6 Å². The maximum Gasteiger partial charge on any atom is 0.341 e. The summed E-state index contributed by atoms with van der Waals surface area (Å²) >= 11 is 0.892. The van der Waals surface area contributed by atoms with Gasteiger partial charge in [0.05, 0.1) is 12.0 Å². The van der Waals surface area contributed by atoms with Crippen LogP contribution in [-0.2, 0) is 16.0 Å². The van der Waals surface area contributed by atoms with Gasteiger partial charge in [-0.1, -0.05) is 36.4 Å². The lowest BCUT2D eigenvalue weighted by Gasteiger charge is -2.12. The maximum atomic E-state index is 12.6. The molecule has 1 fully saturated rings. The van der Waals surface area contributed by atoms with Gasteiger partial charge >= 0.3 is 5.97 Å². The third-order valence-corrected chi connectivity index (χ3v) is 5.08. The molecule has 0 aromatic heterocycles. The summed E-state index contributed by atoms with van der Waals surface area (Å²) in [6, 6.07) is 14.5. The number of benzene rings is 2. The first-order valence-electron chi connectivity index (χ1n) is 8.80. The number of carboxylic acid groups (broad SMARTS) is 1. The summed E-state index contributed by atoms with van der Waals surface area (Å²) in [6.45, 7) is -0.173. The van der Waals surface area contributed by atoms with Crippen LogP contribution < -0.4 is 9.47 Å². The Bertz CT molecular complexity index is 957.